The SMILES string of the molecule is C=CCc1ccccc1OCC(=O)N/N=C/c1ccc([N+](=O)[O-])cc1. The van der Waals surface area contributed by atoms with E-state index in [2.05, 4.69) is 17.1 Å². The molecule has 0 saturated carbocycles. The number of amides is 1. The lowest BCUT2D eigenvalue weighted by molar-refractivity contribution is -0.384. The maximum absolute atomic E-state index is 11.8. The number of hydrazone groups is 1. The van der Waals surface area contributed by atoms with E-state index in [0.29, 0.717) is 17.7 Å². The molecule has 0 saturated heterocycles. The molecule has 0 aliphatic rings. The molecule has 0 aliphatic heterocycles. The number of benzene rings is 2. The Balaban J connectivity index is 1.84. The summed E-state index contributed by atoms with van der Waals surface area (Å²) in [5.74, 6) is 0.212. The molecule has 25 heavy (non-hydrogen) atoms. The number of ether oxygens (including phenoxy) is 1. The molecule has 128 valence electrons. The van der Waals surface area contributed by atoms with E-state index in [1.54, 1.807) is 12.1 Å². The zero-order valence-electron chi connectivity index (χ0n) is 13.4. The highest BCUT2D eigenvalue weighted by Gasteiger charge is 2.05. The Kier molecular flexibility index (Phi) is 6.41. The molecule has 0 unspecified atom stereocenters. The summed E-state index contributed by atoms with van der Waals surface area (Å²) in [7, 11) is 0. The highest BCUT2D eigenvalue weighted by molar-refractivity contribution is 5.83. The van der Waals surface area contributed by atoms with Gasteiger partial charge < -0.3 is 4.74 Å². The van der Waals surface area contributed by atoms with Gasteiger partial charge in [-0.25, -0.2) is 5.43 Å². The van der Waals surface area contributed by atoms with E-state index < -0.39 is 10.8 Å². The summed E-state index contributed by atoms with van der Waals surface area (Å²) in [5, 5.41) is 14.4. The van der Waals surface area contributed by atoms with Crippen LogP contribution in [0.1, 0.15) is 11.1 Å². The Bertz CT molecular complexity index is 785. The number of nitrogens with one attached hydrogen (secondary N) is 1. The first-order valence-electron chi connectivity index (χ1n) is 7.48. The lowest BCUT2D eigenvalue weighted by atomic mass is 10.1. The molecule has 0 aromatic heterocycles. The van der Waals surface area contributed by atoms with Crippen LogP contribution in [0.15, 0.2) is 66.3 Å². The third kappa shape index (κ3) is 5.58. The van der Waals surface area contributed by atoms with Crippen molar-refractivity contribution in [3.8, 4) is 5.75 Å². The van der Waals surface area contributed by atoms with Crippen LogP contribution in [-0.2, 0) is 11.2 Å². The molecule has 7 nitrogen and oxygen atoms in total. The molecule has 7 heteroatoms. The average molecular weight is 339 g/mol. The summed E-state index contributed by atoms with van der Waals surface area (Å²) in [5.41, 5.74) is 3.91. The Morgan fingerprint density at radius 3 is 2.64 bits per heavy atom. The van der Waals surface area contributed by atoms with Gasteiger partial charge in [0.2, 0.25) is 0 Å². The number of allylic oxidation sites excluding steroid dienone is 1. The molecule has 1 N–H and O–H groups in total. The van der Waals surface area contributed by atoms with E-state index in [9.17, 15) is 14.9 Å². The molecule has 1 amide bonds. The molecule has 0 bridgehead atoms. The van der Waals surface area contributed by atoms with Crippen molar-refractivity contribution in [2.24, 2.45) is 5.10 Å². The number of nitro benzene ring substituents is 1. The highest BCUT2D eigenvalue weighted by Crippen LogP contribution is 2.18. The van der Waals surface area contributed by atoms with Crippen LogP contribution in [0, 0.1) is 10.1 Å². The van der Waals surface area contributed by atoms with Crippen molar-refractivity contribution in [1.82, 2.24) is 5.43 Å². The van der Waals surface area contributed by atoms with Crippen molar-refractivity contribution in [1.29, 1.82) is 0 Å². The number of nitrogens with zero attached hydrogens (tertiary/aromatic N) is 2. The van der Waals surface area contributed by atoms with Crippen LogP contribution in [0.5, 0.6) is 5.75 Å². The van der Waals surface area contributed by atoms with Gasteiger partial charge in [0.1, 0.15) is 5.75 Å². The summed E-state index contributed by atoms with van der Waals surface area (Å²) in [4.78, 5) is 21.8. The maximum Gasteiger partial charge on any atom is 0.277 e. The number of nitro groups is 1. The zero-order valence-corrected chi connectivity index (χ0v) is 13.4. The molecule has 0 heterocycles. The molecular weight excluding hydrogens is 322 g/mol. The van der Waals surface area contributed by atoms with E-state index in [0.717, 1.165) is 5.56 Å². The van der Waals surface area contributed by atoms with E-state index in [1.165, 1.54) is 30.5 Å². The molecule has 2 aromatic rings. The normalized spacial score (nSPS) is 10.4. The fourth-order valence-corrected chi connectivity index (χ4v) is 2.01. The minimum Gasteiger partial charge on any atom is -0.483 e. The lowest BCUT2D eigenvalue weighted by Crippen LogP contribution is -2.24. The van der Waals surface area contributed by atoms with Crippen LogP contribution in [0.3, 0.4) is 0 Å². The van der Waals surface area contributed by atoms with Crippen molar-refractivity contribution in [3.05, 3.63) is 82.4 Å². The fourth-order valence-electron chi connectivity index (χ4n) is 2.01. The van der Waals surface area contributed by atoms with Gasteiger partial charge >= 0.3 is 0 Å². The Hall–Kier alpha value is -3.48. The van der Waals surface area contributed by atoms with Gasteiger partial charge in [-0.15, -0.1) is 6.58 Å². The Morgan fingerprint density at radius 1 is 1.24 bits per heavy atom. The minimum absolute atomic E-state index is 0.00669. The number of carbonyl (C=O) groups is 1. The van der Waals surface area contributed by atoms with Gasteiger partial charge in [0.15, 0.2) is 6.61 Å². The van der Waals surface area contributed by atoms with Crippen molar-refractivity contribution < 1.29 is 14.5 Å². The van der Waals surface area contributed by atoms with E-state index in [4.69, 9.17) is 4.74 Å². The van der Waals surface area contributed by atoms with Gasteiger partial charge in [-0.2, -0.15) is 5.10 Å². The Labute approximate surface area is 144 Å². The van der Waals surface area contributed by atoms with Gasteiger partial charge in [-0.05, 0) is 35.7 Å². The molecule has 0 atom stereocenters. The summed E-state index contributed by atoms with van der Waals surface area (Å²) >= 11 is 0. The van der Waals surface area contributed by atoms with Crippen molar-refractivity contribution in [2.75, 3.05) is 6.61 Å². The van der Waals surface area contributed by atoms with Crippen LogP contribution < -0.4 is 10.2 Å². The second-order valence-electron chi connectivity index (χ2n) is 5.03. The van der Waals surface area contributed by atoms with E-state index in [-0.39, 0.29) is 12.3 Å². The summed E-state index contributed by atoms with van der Waals surface area (Å²) in [6.45, 7) is 3.51. The number of rotatable bonds is 8. The van der Waals surface area contributed by atoms with Crippen LogP contribution >= 0.6 is 0 Å². The van der Waals surface area contributed by atoms with Crippen LogP contribution in [-0.4, -0.2) is 23.7 Å². The quantitative estimate of drug-likeness (QED) is 0.346. The highest BCUT2D eigenvalue weighted by atomic mass is 16.6. The number of non-ortho nitro benzene ring substituents is 1. The van der Waals surface area contributed by atoms with Crippen LogP contribution in [0.2, 0.25) is 0 Å². The third-order valence-corrected chi connectivity index (χ3v) is 3.20. The topological polar surface area (TPSA) is 93.8 Å². The van der Waals surface area contributed by atoms with Gasteiger partial charge in [0.25, 0.3) is 11.6 Å². The Morgan fingerprint density at radius 2 is 1.96 bits per heavy atom. The van der Waals surface area contributed by atoms with Gasteiger partial charge in [-0.1, -0.05) is 24.3 Å². The lowest BCUT2D eigenvalue weighted by Gasteiger charge is -2.09. The first-order chi connectivity index (χ1) is 12.1. The van der Waals surface area contributed by atoms with Crippen molar-refractivity contribution in [2.45, 2.75) is 6.42 Å². The first-order valence-corrected chi connectivity index (χ1v) is 7.48. The molecule has 0 spiro atoms. The molecule has 0 radical (unpaired) electrons. The third-order valence-electron chi connectivity index (χ3n) is 3.20. The second kappa shape index (κ2) is 8.97. The fraction of sp³-hybridized carbons (Fsp3) is 0.111. The molecule has 2 aromatic carbocycles. The van der Waals surface area contributed by atoms with Crippen LogP contribution in [0.4, 0.5) is 5.69 Å². The number of hydrogen-bond donors (Lipinski definition) is 1. The number of hydrogen-bond acceptors (Lipinski definition) is 5. The van der Waals surface area contributed by atoms with Gasteiger partial charge in [0, 0.05) is 12.1 Å². The molecule has 2 rings (SSSR count). The van der Waals surface area contributed by atoms with Gasteiger partial charge in [0.05, 0.1) is 11.1 Å². The standard InChI is InChI=1S/C18H17N3O4/c1-2-5-15-6-3-4-7-17(15)25-13-18(22)20-19-12-14-8-10-16(11-9-14)21(23)24/h2-4,6-12H,1,5,13H2,(H,20,22)/b19-12+. The number of carbonyl (C=O) groups excluding carboxylic acids is 1. The summed E-state index contributed by atoms with van der Waals surface area (Å²) < 4.78 is 5.49. The predicted octanol–water partition coefficient (Wildman–Crippen LogP) is 2.85. The molecular formula is C18H17N3O4. The predicted molar refractivity (Wildman–Crippen MR) is 94.7 cm³/mol. The van der Waals surface area contributed by atoms with Crippen LogP contribution in [0.25, 0.3) is 0 Å². The first kappa shape index (κ1) is 17.9. The molecule has 0 aliphatic carbocycles. The van der Waals surface area contributed by atoms with E-state index >= 15 is 0 Å². The second-order valence-corrected chi connectivity index (χ2v) is 5.03. The summed E-state index contributed by atoms with van der Waals surface area (Å²) in [6, 6.07) is 13.2. The van der Waals surface area contributed by atoms with Crippen molar-refractivity contribution in [3.63, 3.8) is 0 Å². The number of para-hydroxylation sites is 1. The monoisotopic (exact) mass is 339 g/mol. The van der Waals surface area contributed by atoms with Gasteiger partial charge in [-0.3, -0.25) is 14.9 Å². The summed E-state index contributed by atoms with van der Waals surface area (Å²) in [6.07, 6.45) is 3.81. The average Bonchev–Trinajstić information content (AvgIpc) is 2.62. The zero-order chi connectivity index (χ0) is 18.1. The maximum atomic E-state index is 11.8. The smallest absolute Gasteiger partial charge is 0.277 e. The van der Waals surface area contributed by atoms with E-state index in [1.807, 2.05) is 18.2 Å². The minimum atomic E-state index is -0.482. The van der Waals surface area contributed by atoms with Crippen molar-refractivity contribution >= 4 is 17.8 Å². The largest absolute Gasteiger partial charge is 0.483 e. The molecule has 0 fully saturated rings.